The van der Waals surface area contributed by atoms with Crippen LogP contribution >= 0.6 is 0 Å². The molecule has 0 amide bonds. The van der Waals surface area contributed by atoms with Gasteiger partial charge in [0.2, 0.25) is 0 Å². The second kappa shape index (κ2) is 8.44. The van der Waals surface area contributed by atoms with Gasteiger partial charge in [-0.1, -0.05) is 20.8 Å². The smallest absolute Gasteiger partial charge is 0.475 e. The summed E-state index contributed by atoms with van der Waals surface area (Å²) in [5.41, 5.74) is 0.165. The summed E-state index contributed by atoms with van der Waals surface area (Å²) in [5.74, 6) is 1.90. The van der Waals surface area contributed by atoms with E-state index in [4.69, 9.17) is 4.74 Å². The van der Waals surface area contributed by atoms with Crippen molar-refractivity contribution in [1.29, 1.82) is 0 Å². The molecular formula is C17H21FeNO+2. The maximum Gasteiger partial charge on any atom is 2.00 e. The molecule has 0 unspecified atom stereocenters. The summed E-state index contributed by atoms with van der Waals surface area (Å²) in [5, 5.41) is 0. The molecule has 3 rings (SSSR count). The maximum absolute atomic E-state index is 5.82. The monoisotopic (exact) mass is 311 g/mol. The van der Waals surface area contributed by atoms with Gasteiger partial charge in [0.1, 0.15) is 6.10 Å². The van der Waals surface area contributed by atoms with Crippen molar-refractivity contribution >= 4 is 5.90 Å². The first-order chi connectivity index (χ1) is 9.07. The molecule has 2 saturated carbocycles. The normalized spacial score (nSPS) is 26.4. The zero-order chi connectivity index (χ0) is 13.7. The van der Waals surface area contributed by atoms with Crippen LogP contribution in [0.3, 0.4) is 0 Å². The Balaban J connectivity index is 0.000000283. The van der Waals surface area contributed by atoms with Crippen LogP contribution in [0.4, 0.5) is 0 Å². The van der Waals surface area contributed by atoms with Crippen LogP contribution in [-0.4, -0.2) is 18.5 Å². The van der Waals surface area contributed by atoms with Crippen molar-refractivity contribution in [1.82, 2.24) is 0 Å². The quantitative estimate of drug-likeness (QED) is 0.681. The molecule has 0 spiro atoms. The van der Waals surface area contributed by atoms with Crippen molar-refractivity contribution in [3.8, 4) is 0 Å². The second-order valence-electron chi connectivity index (χ2n) is 5.75. The van der Waals surface area contributed by atoms with Crippen molar-refractivity contribution in [2.75, 3.05) is 6.54 Å². The Kier molecular flexibility index (Phi) is 7.61. The number of aliphatic imine (C=N–C) groups is 1. The number of ether oxygens (including phenoxy) is 1. The molecule has 2 nitrogen and oxygen atoms in total. The number of hydrogen-bond donors (Lipinski definition) is 0. The van der Waals surface area contributed by atoms with Crippen molar-refractivity contribution < 1.29 is 21.8 Å². The number of rotatable bonds is 1. The largest absolute Gasteiger partial charge is 2.00 e. The summed E-state index contributed by atoms with van der Waals surface area (Å²) in [6.45, 7) is 7.33. The predicted octanol–water partition coefficient (Wildman–Crippen LogP) is 3.25. The molecule has 20 heavy (non-hydrogen) atoms. The molecule has 0 aromatic carbocycles. The molecule has 1 aliphatic heterocycles. The van der Waals surface area contributed by atoms with Gasteiger partial charge in [-0.2, -0.15) is 0 Å². The van der Waals surface area contributed by atoms with Gasteiger partial charge in [-0.05, 0) is 57.8 Å². The summed E-state index contributed by atoms with van der Waals surface area (Å²) in [4.78, 5) is 4.42. The van der Waals surface area contributed by atoms with E-state index in [0.29, 0.717) is 0 Å². The first-order valence-corrected chi connectivity index (χ1v) is 6.67. The van der Waals surface area contributed by atoms with Gasteiger partial charge in [-0.15, -0.1) is 0 Å². The summed E-state index contributed by atoms with van der Waals surface area (Å²) >= 11 is 0. The Hall–Kier alpha value is -0.0105. The minimum absolute atomic E-state index is 0. The Morgan fingerprint density at radius 1 is 0.950 bits per heavy atom. The molecule has 0 N–H and O–H groups in total. The van der Waals surface area contributed by atoms with E-state index in [-0.39, 0.29) is 28.6 Å². The van der Waals surface area contributed by atoms with Crippen molar-refractivity contribution in [2.45, 2.75) is 26.9 Å². The van der Waals surface area contributed by atoms with E-state index in [1.54, 1.807) is 0 Å². The molecule has 2 fully saturated rings. The van der Waals surface area contributed by atoms with Crippen LogP contribution < -0.4 is 0 Å². The third-order valence-corrected chi connectivity index (χ3v) is 3.09. The molecular weight excluding hydrogens is 290 g/mol. The minimum Gasteiger partial charge on any atom is -0.475 e. The average molecular weight is 311 g/mol. The fourth-order valence-electron chi connectivity index (χ4n) is 1.82. The van der Waals surface area contributed by atoms with Gasteiger partial charge in [-0.3, -0.25) is 4.99 Å². The standard InChI is InChI=1S/C12H16NO.C5H5.Fe/c1-12(2,3)10-8-13-11(14-10)9-6-4-5-7-9;1-2-4-5-3-1;/h4-7,10H,8H2,1-3H3;1-5H;/q;;+2/t10-;;/m1../s1. The first-order valence-electron chi connectivity index (χ1n) is 6.67. The molecule has 2 aliphatic carbocycles. The molecule has 1 atom stereocenters. The molecule has 0 aromatic heterocycles. The fourth-order valence-corrected chi connectivity index (χ4v) is 1.82. The minimum atomic E-state index is 0. The van der Waals surface area contributed by atoms with Gasteiger partial charge >= 0.3 is 17.1 Å². The summed E-state index contributed by atoms with van der Waals surface area (Å²) in [6.07, 6.45) is 18.3. The van der Waals surface area contributed by atoms with Crippen molar-refractivity contribution in [2.24, 2.45) is 10.4 Å². The van der Waals surface area contributed by atoms with Gasteiger partial charge in [0.05, 0.1) is 12.5 Å². The van der Waals surface area contributed by atoms with Crippen LogP contribution in [0.1, 0.15) is 20.8 Å². The second-order valence-corrected chi connectivity index (χ2v) is 5.75. The molecule has 106 valence electrons. The number of nitrogens with zero attached hydrogens (tertiary/aromatic N) is 1. The first kappa shape index (κ1) is 18.0. The molecule has 10 radical (unpaired) electrons. The van der Waals surface area contributed by atoms with Crippen LogP contribution in [0.25, 0.3) is 0 Å². The third kappa shape index (κ3) is 5.41. The summed E-state index contributed by atoms with van der Waals surface area (Å²) < 4.78 is 5.82. The predicted molar refractivity (Wildman–Crippen MR) is 78.6 cm³/mol. The van der Waals surface area contributed by atoms with E-state index >= 15 is 0 Å². The molecule has 0 bridgehead atoms. The van der Waals surface area contributed by atoms with E-state index in [1.807, 2.05) is 57.8 Å². The average Bonchev–Trinajstić information content (AvgIpc) is 3.13. The van der Waals surface area contributed by atoms with E-state index in [0.717, 1.165) is 18.4 Å². The fraction of sp³-hybridized carbons (Fsp3) is 0.353. The summed E-state index contributed by atoms with van der Waals surface area (Å²) in [7, 11) is 0. The molecule has 1 heterocycles. The van der Waals surface area contributed by atoms with E-state index < -0.39 is 0 Å². The Bertz CT molecular complexity index is 291. The Labute approximate surface area is 135 Å². The molecule has 0 saturated heterocycles. The Morgan fingerprint density at radius 3 is 1.85 bits per heavy atom. The van der Waals surface area contributed by atoms with Crippen molar-refractivity contribution in [3.05, 3.63) is 63.7 Å². The van der Waals surface area contributed by atoms with Crippen LogP contribution in [0.5, 0.6) is 0 Å². The summed E-state index contributed by atoms with van der Waals surface area (Å²) in [6, 6.07) is 0. The van der Waals surface area contributed by atoms with Gasteiger partial charge < -0.3 is 4.74 Å². The van der Waals surface area contributed by atoms with E-state index in [9.17, 15) is 0 Å². The van der Waals surface area contributed by atoms with E-state index in [2.05, 4.69) is 25.8 Å². The van der Waals surface area contributed by atoms with Crippen LogP contribution in [0, 0.1) is 69.1 Å². The topological polar surface area (TPSA) is 21.6 Å². The Morgan fingerprint density at radius 2 is 1.45 bits per heavy atom. The molecule has 3 aliphatic rings. The van der Waals surface area contributed by atoms with Crippen molar-refractivity contribution in [3.63, 3.8) is 0 Å². The van der Waals surface area contributed by atoms with Crippen LogP contribution in [-0.2, 0) is 21.8 Å². The van der Waals surface area contributed by atoms with Gasteiger partial charge in [0.15, 0.2) is 5.90 Å². The van der Waals surface area contributed by atoms with Gasteiger partial charge in [-0.25, -0.2) is 0 Å². The van der Waals surface area contributed by atoms with Crippen LogP contribution in [0.15, 0.2) is 4.99 Å². The molecule has 3 heteroatoms. The zero-order valence-corrected chi connectivity index (χ0v) is 13.3. The maximum atomic E-state index is 5.82. The third-order valence-electron chi connectivity index (χ3n) is 3.09. The SMILES string of the molecule is CC(C)(C)[C@H]1CN=C([C]2[CH][CH][CH][CH]2)O1.[CH]1[CH][CH][CH][CH]1.[Fe+2]. The molecule has 0 aromatic rings. The van der Waals surface area contributed by atoms with Gasteiger partial charge in [0, 0.05) is 5.41 Å². The van der Waals surface area contributed by atoms with Gasteiger partial charge in [0.25, 0.3) is 0 Å². The van der Waals surface area contributed by atoms with E-state index in [1.165, 1.54) is 0 Å². The zero-order valence-electron chi connectivity index (χ0n) is 12.2. The van der Waals surface area contributed by atoms with Crippen LogP contribution in [0.2, 0.25) is 0 Å². The number of hydrogen-bond acceptors (Lipinski definition) is 2.